The molecule has 0 radical (unpaired) electrons. The standard InChI is InChI=1S/C16H17NS/c1-13-6-5-9-15(12-13)16(18)17-11-10-14-7-3-2-4-8-14/h2-9,12H,10-11H2,1H3,(H,17,18). The van der Waals surface area contributed by atoms with Gasteiger partial charge in [0.25, 0.3) is 0 Å². The third-order valence-electron chi connectivity index (χ3n) is 2.82. The molecule has 0 aliphatic carbocycles. The Balaban J connectivity index is 1.86. The molecule has 0 saturated carbocycles. The molecule has 1 N–H and O–H groups in total. The van der Waals surface area contributed by atoms with E-state index in [-0.39, 0.29) is 0 Å². The maximum absolute atomic E-state index is 5.38. The van der Waals surface area contributed by atoms with E-state index in [0.29, 0.717) is 0 Å². The minimum absolute atomic E-state index is 0.828. The SMILES string of the molecule is Cc1cccc(C(=S)NCCc2ccccc2)c1. The van der Waals surface area contributed by atoms with Crippen LogP contribution in [0.15, 0.2) is 54.6 Å². The van der Waals surface area contributed by atoms with E-state index in [1.165, 1.54) is 11.1 Å². The molecule has 0 amide bonds. The van der Waals surface area contributed by atoms with Crippen molar-refractivity contribution in [3.63, 3.8) is 0 Å². The molecule has 0 fully saturated rings. The van der Waals surface area contributed by atoms with Crippen LogP contribution in [0, 0.1) is 6.92 Å². The molecule has 0 spiro atoms. The quantitative estimate of drug-likeness (QED) is 0.839. The Labute approximate surface area is 114 Å². The van der Waals surface area contributed by atoms with Gasteiger partial charge in [-0.3, -0.25) is 0 Å². The molecule has 0 aliphatic heterocycles. The maximum Gasteiger partial charge on any atom is 0.106 e. The molecule has 2 heteroatoms. The molecule has 0 saturated heterocycles. The first-order valence-electron chi connectivity index (χ1n) is 6.14. The normalized spacial score (nSPS) is 10.1. The van der Waals surface area contributed by atoms with Crippen molar-refractivity contribution >= 4 is 17.2 Å². The first kappa shape index (κ1) is 12.8. The maximum atomic E-state index is 5.38. The molecular formula is C16H17NS. The largest absolute Gasteiger partial charge is 0.375 e. The summed E-state index contributed by atoms with van der Waals surface area (Å²) in [6, 6.07) is 18.7. The van der Waals surface area contributed by atoms with Gasteiger partial charge in [-0.25, -0.2) is 0 Å². The lowest BCUT2D eigenvalue weighted by atomic mass is 10.1. The van der Waals surface area contributed by atoms with Crippen LogP contribution in [-0.2, 0) is 6.42 Å². The first-order valence-corrected chi connectivity index (χ1v) is 6.55. The Morgan fingerprint density at radius 1 is 1.06 bits per heavy atom. The summed E-state index contributed by atoms with van der Waals surface area (Å²) in [5, 5.41) is 3.31. The predicted octanol–water partition coefficient (Wildman–Crippen LogP) is 3.50. The van der Waals surface area contributed by atoms with Crippen LogP contribution in [0.25, 0.3) is 0 Å². The second kappa shape index (κ2) is 6.31. The fraction of sp³-hybridized carbons (Fsp3) is 0.188. The highest BCUT2D eigenvalue weighted by Crippen LogP contribution is 2.05. The van der Waals surface area contributed by atoms with E-state index in [2.05, 4.69) is 48.6 Å². The monoisotopic (exact) mass is 255 g/mol. The van der Waals surface area contributed by atoms with Gasteiger partial charge in [0.15, 0.2) is 0 Å². The van der Waals surface area contributed by atoms with Gasteiger partial charge in [-0.15, -0.1) is 0 Å². The van der Waals surface area contributed by atoms with Crippen molar-refractivity contribution in [3.05, 3.63) is 71.3 Å². The lowest BCUT2D eigenvalue weighted by molar-refractivity contribution is 0.875. The molecular weight excluding hydrogens is 238 g/mol. The Hall–Kier alpha value is -1.67. The summed E-state index contributed by atoms with van der Waals surface area (Å²) in [5.74, 6) is 0. The van der Waals surface area contributed by atoms with Crippen LogP contribution in [0.5, 0.6) is 0 Å². The zero-order valence-electron chi connectivity index (χ0n) is 10.5. The van der Waals surface area contributed by atoms with Crippen LogP contribution >= 0.6 is 12.2 Å². The van der Waals surface area contributed by atoms with Gasteiger partial charge >= 0.3 is 0 Å². The summed E-state index contributed by atoms with van der Waals surface area (Å²) in [4.78, 5) is 0.828. The number of hydrogen-bond donors (Lipinski definition) is 1. The van der Waals surface area contributed by atoms with Gasteiger partial charge in [0.05, 0.1) is 0 Å². The molecule has 18 heavy (non-hydrogen) atoms. The highest BCUT2D eigenvalue weighted by atomic mass is 32.1. The molecule has 1 nitrogen and oxygen atoms in total. The van der Waals surface area contributed by atoms with Crippen molar-refractivity contribution in [2.45, 2.75) is 13.3 Å². The van der Waals surface area contributed by atoms with Crippen molar-refractivity contribution in [3.8, 4) is 0 Å². The Morgan fingerprint density at radius 2 is 1.83 bits per heavy atom. The number of rotatable bonds is 4. The van der Waals surface area contributed by atoms with Gasteiger partial charge in [0, 0.05) is 12.1 Å². The van der Waals surface area contributed by atoms with Gasteiger partial charge in [-0.1, -0.05) is 66.3 Å². The van der Waals surface area contributed by atoms with Gasteiger partial charge in [-0.05, 0) is 25.0 Å². The molecule has 2 aromatic carbocycles. The van der Waals surface area contributed by atoms with E-state index >= 15 is 0 Å². The first-order chi connectivity index (χ1) is 8.75. The average Bonchev–Trinajstić information content (AvgIpc) is 2.40. The molecule has 0 atom stereocenters. The summed E-state index contributed by atoms with van der Waals surface area (Å²) in [7, 11) is 0. The van der Waals surface area contributed by atoms with E-state index in [1.54, 1.807) is 0 Å². The molecule has 0 aliphatic rings. The number of benzene rings is 2. The summed E-state index contributed by atoms with van der Waals surface area (Å²) < 4.78 is 0. The average molecular weight is 255 g/mol. The highest BCUT2D eigenvalue weighted by molar-refractivity contribution is 7.80. The van der Waals surface area contributed by atoms with Crippen LogP contribution in [0.1, 0.15) is 16.7 Å². The number of aryl methyl sites for hydroxylation is 1. The molecule has 0 bridgehead atoms. The molecule has 2 rings (SSSR count). The third-order valence-corrected chi connectivity index (χ3v) is 3.20. The van der Waals surface area contributed by atoms with E-state index in [1.807, 2.05) is 18.2 Å². The fourth-order valence-electron chi connectivity index (χ4n) is 1.85. The molecule has 92 valence electrons. The second-order valence-electron chi connectivity index (χ2n) is 4.36. The molecule has 0 heterocycles. The fourth-order valence-corrected chi connectivity index (χ4v) is 2.08. The predicted molar refractivity (Wildman–Crippen MR) is 81.0 cm³/mol. The van der Waals surface area contributed by atoms with Crippen LogP contribution in [-0.4, -0.2) is 11.5 Å². The summed E-state index contributed by atoms with van der Waals surface area (Å²) in [6.45, 7) is 2.95. The van der Waals surface area contributed by atoms with Crippen molar-refractivity contribution in [2.75, 3.05) is 6.54 Å². The zero-order chi connectivity index (χ0) is 12.8. The topological polar surface area (TPSA) is 12.0 Å². The lowest BCUT2D eigenvalue weighted by Crippen LogP contribution is -2.24. The van der Waals surface area contributed by atoms with Gasteiger partial charge in [-0.2, -0.15) is 0 Å². The van der Waals surface area contributed by atoms with Gasteiger partial charge in [0.1, 0.15) is 4.99 Å². The van der Waals surface area contributed by atoms with Crippen LogP contribution in [0.4, 0.5) is 0 Å². The van der Waals surface area contributed by atoms with Gasteiger partial charge in [0.2, 0.25) is 0 Å². The van der Waals surface area contributed by atoms with Crippen molar-refractivity contribution in [2.24, 2.45) is 0 Å². The van der Waals surface area contributed by atoms with E-state index in [0.717, 1.165) is 23.5 Å². The lowest BCUT2D eigenvalue weighted by Gasteiger charge is -2.08. The number of thiocarbonyl (C=S) groups is 1. The third kappa shape index (κ3) is 3.67. The minimum Gasteiger partial charge on any atom is -0.375 e. The van der Waals surface area contributed by atoms with E-state index in [4.69, 9.17) is 12.2 Å². The highest BCUT2D eigenvalue weighted by Gasteiger charge is 2.00. The summed E-state index contributed by atoms with van der Waals surface area (Å²) in [6.07, 6.45) is 0.993. The van der Waals surface area contributed by atoms with Gasteiger partial charge < -0.3 is 5.32 Å². The smallest absolute Gasteiger partial charge is 0.106 e. The Morgan fingerprint density at radius 3 is 2.56 bits per heavy atom. The molecule has 0 aromatic heterocycles. The number of hydrogen-bond acceptors (Lipinski definition) is 1. The zero-order valence-corrected chi connectivity index (χ0v) is 11.3. The van der Waals surface area contributed by atoms with Crippen LogP contribution < -0.4 is 5.32 Å². The van der Waals surface area contributed by atoms with Crippen molar-refractivity contribution in [1.82, 2.24) is 5.32 Å². The minimum atomic E-state index is 0.828. The summed E-state index contributed by atoms with van der Waals surface area (Å²) in [5.41, 5.74) is 3.66. The van der Waals surface area contributed by atoms with E-state index < -0.39 is 0 Å². The Bertz CT molecular complexity index is 520. The number of nitrogens with one attached hydrogen (secondary N) is 1. The van der Waals surface area contributed by atoms with Crippen molar-refractivity contribution in [1.29, 1.82) is 0 Å². The second-order valence-corrected chi connectivity index (χ2v) is 4.77. The van der Waals surface area contributed by atoms with Crippen LogP contribution in [0.3, 0.4) is 0 Å². The van der Waals surface area contributed by atoms with Crippen molar-refractivity contribution < 1.29 is 0 Å². The molecule has 0 unspecified atom stereocenters. The Kier molecular flexibility index (Phi) is 4.48. The van der Waals surface area contributed by atoms with Crippen LogP contribution in [0.2, 0.25) is 0 Å². The summed E-state index contributed by atoms with van der Waals surface area (Å²) >= 11 is 5.38. The van der Waals surface area contributed by atoms with E-state index in [9.17, 15) is 0 Å². The molecule has 2 aromatic rings.